The van der Waals surface area contributed by atoms with E-state index < -0.39 is 35.5 Å². The van der Waals surface area contributed by atoms with Crippen molar-refractivity contribution in [3.05, 3.63) is 210 Å². The Balaban J connectivity index is 1.26. The van der Waals surface area contributed by atoms with E-state index in [-0.39, 0.29) is 6.61 Å². The van der Waals surface area contributed by atoms with Gasteiger partial charge in [-0.2, -0.15) is 0 Å². The van der Waals surface area contributed by atoms with Crippen molar-refractivity contribution in [3.63, 3.8) is 0 Å². The summed E-state index contributed by atoms with van der Waals surface area (Å²) in [5.41, 5.74) is 3.46. The minimum Gasteiger partial charge on any atom is -0.387 e. The summed E-state index contributed by atoms with van der Waals surface area (Å²) < 4.78 is 27.4. The van der Waals surface area contributed by atoms with Gasteiger partial charge in [0.05, 0.1) is 19.8 Å². The molecule has 0 unspecified atom stereocenters. The second-order valence-electron chi connectivity index (χ2n) is 12.6. The zero-order chi connectivity index (χ0) is 34.7. The van der Waals surface area contributed by atoms with E-state index in [4.69, 9.17) is 18.9 Å². The Morgan fingerprint density at radius 3 is 1.35 bits per heavy atom. The van der Waals surface area contributed by atoms with E-state index in [1.807, 2.05) is 146 Å². The molecule has 0 spiro atoms. The van der Waals surface area contributed by atoms with Crippen LogP contribution in [0.2, 0.25) is 0 Å². The Labute approximate surface area is 304 Å². The SMILES string of the molecule is O[C@@H]1[C@H](OCc2ccccc2)[C@@H](Sc2ccccc2)O[C@H](COC(c2ccccc2)(c2ccccc2)c2ccccc2)[C@H]1OCc1ccccc1. The van der Waals surface area contributed by atoms with Gasteiger partial charge in [-0.1, -0.05) is 182 Å². The smallest absolute Gasteiger partial charge is 0.143 e. The van der Waals surface area contributed by atoms with E-state index in [0.29, 0.717) is 13.2 Å². The summed E-state index contributed by atoms with van der Waals surface area (Å²) in [6, 6.07) is 60.9. The standard InChI is InChI=1S/C45H42O5S/c46-41-42(47-31-34-19-7-1-8-20-34)40(50-44(51-39-29-17-6-18-30-39)43(41)48-32-35-21-9-2-10-22-35)33-49-45(36-23-11-3-12-24-36,37-25-13-4-14-26-37)38-27-15-5-16-28-38/h1-30,40-44,46H,31-33H2/t40-,41+,42-,43+,44-/m1/s1. The minimum absolute atomic E-state index is 0.131. The fraction of sp³-hybridized carbons (Fsp3) is 0.200. The lowest BCUT2D eigenvalue weighted by atomic mass is 9.80. The van der Waals surface area contributed by atoms with Crippen LogP contribution in [-0.4, -0.2) is 41.6 Å². The molecule has 258 valence electrons. The molecule has 5 atom stereocenters. The second kappa shape index (κ2) is 17.1. The first-order chi connectivity index (χ1) is 25.2. The van der Waals surface area contributed by atoms with Crippen LogP contribution >= 0.6 is 11.8 Å². The highest BCUT2D eigenvalue weighted by atomic mass is 32.2. The summed E-state index contributed by atoms with van der Waals surface area (Å²) in [6.07, 6.45) is -3.09. The maximum Gasteiger partial charge on any atom is 0.143 e. The van der Waals surface area contributed by atoms with Crippen LogP contribution in [0, 0.1) is 0 Å². The highest BCUT2D eigenvalue weighted by Crippen LogP contribution is 2.42. The van der Waals surface area contributed by atoms with Gasteiger partial charge in [-0.25, -0.2) is 0 Å². The van der Waals surface area contributed by atoms with Crippen LogP contribution in [0.25, 0.3) is 0 Å². The number of rotatable bonds is 14. The zero-order valence-electron chi connectivity index (χ0n) is 28.3. The molecule has 1 aliphatic heterocycles. The van der Waals surface area contributed by atoms with Crippen LogP contribution in [-0.2, 0) is 37.8 Å². The van der Waals surface area contributed by atoms with Crippen molar-refractivity contribution in [2.75, 3.05) is 6.61 Å². The highest BCUT2D eigenvalue weighted by Gasteiger charge is 2.49. The van der Waals surface area contributed by atoms with Gasteiger partial charge in [0.15, 0.2) is 0 Å². The molecule has 0 aromatic heterocycles. The average molecular weight is 695 g/mol. The lowest BCUT2D eigenvalue weighted by molar-refractivity contribution is -0.244. The average Bonchev–Trinajstić information content (AvgIpc) is 3.20. The normalized spacial score (nSPS) is 20.5. The second-order valence-corrected chi connectivity index (χ2v) is 13.7. The summed E-state index contributed by atoms with van der Waals surface area (Å²) in [5, 5.41) is 12.3. The van der Waals surface area contributed by atoms with Gasteiger partial charge in [0, 0.05) is 4.90 Å². The van der Waals surface area contributed by atoms with Crippen LogP contribution in [0.3, 0.4) is 0 Å². The van der Waals surface area contributed by atoms with Gasteiger partial charge >= 0.3 is 0 Å². The Hall–Kier alpha value is -4.53. The predicted molar refractivity (Wildman–Crippen MR) is 202 cm³/mol. The molecule has 7 rings (SSSR count). The third-order valence-electron chi connectivity index (χ3n) is 9.19. The predicted octanol–water partition coefficient (Wildman–Crippen LogP) is 9.04. The summed E-state index contributed by atoms with van der Waals surface area (Å²) >= 11 is 1.54. The number of benzene rings is 6. The van der Waals surface area contributed by atoms with Crippen LogP contribution in [0.4, 0.5) is 0 Å². The summed E-state index contributed by atoms with van der Waals surface area (Å²) in [5.74, 6) is 0. The molecule has 1 aliphatic rings. The molecule has 5 nitrogen and oxygen atoms in total. The van der Waals surface area contributed by atoms with Gasteiger partial charge in [-0.15, -0.1) is 0 Å². The number of hydrogen-bond donors (Lipinski definition) is 1. The number of ether oxygens (including phenoxy) is 4. The molecule has 1 saturated heterocycles. The lowest BCUT2D eigenvalue weighted by Gasteiger charge is -2.45. The Morgan fingerprint density at radius 1 is 0.510 bits per heavy atom. The molecule has 1 N–H and O–H groups in total. The molecule has 0 bridgehead atoms. The first-order valence-corrected chi connectivity index (χ1v) is 18.3. The first-order valence-electron chi connectivity index (χ1n) is 17.4. The van der Waals surface area contributed by atoms with E-state index in [1.165, 1.54) is 11.8 Å². The quantitative estimate of drug-likeness (QED) is 0.115. The Morgan fingerprint density at radius 2 is 0.902 bits per heavy atom. The molecule has 0 amide bonds. The van der Waals surface area contributed by atoms with Crippen molar-refractivity contribution in [2.45, 2.75) is 53.6 Å². The van der Waals surface area contributed by atoms with Crippen molar-refractivity contribution >= 4 is 11.8 Å². The molecule has 6 aromatic rings. The molecule has 0 aliphatic carbocycles. The molecule has 6 aromatic carbocycles. The van der Waals surface area contributed by atoms with E-state index in [0.717, 1.165) is 32.7 Å². The van der Waals surface area contributed by atoms with Crippen LogP contribution in [0.1, 0.15) is 27.8 Å². The van der Waals surface area contributed by atoms with Crippen molar-refractivity contribution in [1.29, 1.82) is 0 Å². The third-order valence-corrected chi connectivity index (χ3v) is 10.3. The molecule has 51 heavy (non-hydrogen) atoms. The molecule has 0 radical (unpaired) electrons. The van der Waals surface area contributed by atoms with E-state index in [9.17, 15) is 5.11 Å². The van der Waals surface area contributed by atoms with Crippen molar-refractivity contribution in [1.82, 2.24) is 0 Å². The molecule has 0 saturated carbocycles. The van der Waals surface area contributed by atoms with E-state index in [1.54, 1.807) is 0 Å². The molecule has 6 heteroatoms. The molecule has 1 heterocycles. The monoisotopic (exact) mass is 694 g/mol. The summed E-state index contributed by atoms with van der Waals surface area (Å²) in [4.78, 5) is 1.01. The largest absolute Gasteiger partial charge is 0.387 e. The summed E-state index contributed by atoms with van der Waals surface area (Å²) in [7, 11) is 0. The first kappa shape index (κ1) is 34.9. The number of aliphatic hydroxyl groups is 1. The van der Waals surface area contributed by atoms with Gasteiger partial charge in [0.1, 0.15) is 35.5 Å². The van der Waals surface area contributed by atoms with E-state index >= 15 is 0 Å². The van der Waals surface area contributed by atoms with Gasteiger partial charge in [-0.05, 0) is 39.9 Å². The zero-order valence-corrected chi connectivity index (χ0v) is 29.1. The minimum atomic E-state index is -1.01. The fourth-order valence-electron chi connectivity index (χ4n) is 6.65. The topological polar surface area (TPSA) is 57.2 Å². The molecular formula is C45H42O5S. The Bertz CT molecular complexity index is 1780. The van der Waals surface area contributed by atoms with Gasteiger partial charge in [0.25, 0.3) is 0 Å². The van der Waals surface area contributed by atoms with Crippen LogP contribution in [0.15, 0.2) is 187 Å². The Kier molecular flexibility index (Phi) is 11.7. The number of thioether (sulfide) groups is 1. The van der Waals surface area contributed by atoms with E-state index in [2.05, 4.69) is 36.4 Å². The maximum absolute atomic E-state index is 12.3. The fourth-order valence-corrected chi connectivity index (χ4v) is 7.80. The highest BCUT2D eigenvalue weighted by molar-refractivity contribution is 7.99. The maximum atomic E-state index is 12.3. The van der Waals surface area contributed by atoms with Gasteiger partial charge in [0.2, 0.25) is 0 Å². The molecule has 1 fully saturated rings. The number of aliphatic hydroxyl groups excluding tert-OH is 1. The van der Waals surface area contributed by atoms with Gasteiger partial charge < -0.3 is 24.1 Å². The summed E-state index contributed by atoms with van der Waals surface area (Å²) in [6.45, 7) is 0.751. The number of hydrogen-bond acceptors (Lipinski definition) is 6. The van der Waals surface area contributed by atoms with Crippen LogP contribution in [0.5, 0.6) is 0 Å². The third kappa shape index (κ3) is 8.35. The van der Waals surface area contributed by atoms with Crippen molar-refractivity contribution < 1.29 is 24.1 Å². The van der Waals surface area contributed by atoms with Crippen LogP contribution < -0.4 is 0 Å². The van der Waals surface area contributed by atoms with Crippen molar-refractivity contribution in [3.8, 4) is 0 Å². The molecular weight excluding hydrogens is 653 g/mol. The van der Waals surface area contributed by atoms with Gasteiger partial charge in [-0.3, -0.25) is 0 Å². The van der Waals surface area contributed by atoms with Crippen molar-refractivity contribution in [2.24, 2.45) is 0 Å². The lowest BCUT2D eigenvalue weighted by Crippen LogP contribution is -2.59.